The van der Waals surface area contributed by atoms with Crippen molar-refractivity contribution in [1.82, 2.24) is 4.57 Å². The molecule has 5 heteroatoms. The van der Waals surface area contributed by atoms with Crippen molar-refractivity contribution in [1.29, 1.82) is 0 Å². The Bertz CT molecular complexity index is 705. The zero-order valence-electron chi connectivity index (χ0n) is 11.4. The second-order valence-corrected chi connectivity index (χ2v) is 4.47. The van der Waals surface area contributed by atoms with E-state index in [0.717, 1.165) is 11.3 Å². The molecule has 1 heterocycles. The maximum absolute atomic E-state index is 12.3. The molecular weight excluding hydrogens is 256 g/mol. The van der Waals surface area contributed by atoms with Crippen molar-refractivity contribution in [2.45, 2.75) is 13.5 Å². The first-order valence-electron chi connectivity index (χ1n) is 6.16. The predicted octanol–water partition coefficient (Wildman–Crippen LogP) is 1.57. The summed E-state index contributed by atoms with van der Waals surface area (Å²) < 4.78 is 6.12. The van der Waals surface area contributed by atoms with Crippen molar-refractivity contribution < 1.29 is 9.53 Å². The molecule has 0 atom stereocenters. The van der Waals surface area contributed by atoms with E-state index in [0.29, 0.717) is 12.2 Å². The lowest BCUT2D eigenvalue weighted by atomic mass is 10.1. The van der Waals surface area contributed by atoms with Gasteiger partial charge in [0.2, 0.25) is 0 Å². The SMILES string of the molecule is COC(=O)c1ccc(C)n(Cc2ccccc2N)c1=O. The van der Waals surface area contributed by atoms with Crippen molar-refractivity contribution in [3.8, 4) is 0 Å². The van der Waals surface area contributed by atoms with Gasteiger partial charge in [-0.05, 0) is 30.7 Å². The topological polar surface area (TPSA) is 74.3 Å². The van der Waals surface area contributed by atoms with Gasteiger partial charge in [-0.15, -0.1) is 0 Å². The summed E-state index contributed by atoms with van der Waals surface area (Å²) >= 11 is 0. The highest BCUT2D eigenvalue weighted by Gasteiger charge is 2.14. The van der Waals surface area contributed by atoms with E-state index >= 15 is 0 Å². The third-order valence-corrected chi connectivity index (χ3v) is 3.18. The lowest BCUT2D eigenvalue weighted by molar-refractivity contribution is 0.0598. The maximum Gasteiger partial charge on any atom is 0.343 e. The van der Waals surface area contributed by atoms with Crippen LogP contribution in [-0.4, -0.2) is 17.6 Å². The fraction of sp³-hybridized carbons (Fsp3) is 0.200. The standard InChI is InChI=1S/C15H16N2O3/c1-10-7-8-12(15(19)20-2)14(18)17(10)9-11-5-3-4-6-13(11)16/h3-8H,9,16H2,1-2H3. The Kier molecular flexibility index (Phi) is 3.89. The van der Waals surface area contributed by atoms with Crippen molar-refractivity contribution in [3.05, 3.63) is 63.6 Å². The molecule has 0 radical (unpaired) electrons. The first-order valence-corrected chi connectivity index (χ1v) is 6.16. The fourth-order valence-electron chi connectivity index (χ4n) is 1.98. The van der Waals surface area contributed by atoms with Crippen LogP contribution < -0.4 is 11.3 Å². The third kappa shape index (κ3) is 2.56. The summed E-state index contributed by atoms with van der Waals surface area (Å²) in [7, 11) is 1.25. The first-order chi connectivity index (χ1) is 9.54. The number of aryl methyl sites for hydroxylation is 1. The highest BCUT2D eigenvalue weighted by atomic mass is 16.5. The quantitative estimate of drug-likeness (QED) is 0.680. The number of ether oxygens (including phenoxy) is 1. The van der Waals surface area contributed by atoms with Gasteiger partial charge in [-0.1, -0.05) is 18.2 Å². The molecule has 0 aliphatic rings. The van der Waals surface area contributed by atoms with Crippen LogP contribution in [0.2, 0.25) is 0 Å². The molecule has 0 saturated carbocycles. The number of benzene rings is 1. The van der Waals surface area contributed by atoms with Crippen LogP contribution in [0, 0.1) is 6.92 Å². The Morgan fingerprint density at radius 2 is 1.95 bits per heavy atom. The number of esters is 1. The summed E-state index contributed by atoms with van der Waals surface area (Å²) in [6.45, 7) is 2.13. The van der Waals surface area contributed by atoms with E-state index in [1.807, 2.05) is 25.1 Å². The van der Waals surface area contributed by atoms with E-state index in [1.165, 1.54) is 17.7 Å². The molecule has 5 nitrogen and oxygen atoms in total. The van der Waals surface area contributed by atoms with E-state index in [1.54, 1.807) is 12.1 Å². The van der Waals surface area contributed by atoms with E-state index in [-0.39, 0.29) is 11.1 Å². The Balaban J connectivity index is 2.49. The maximum atomic E-state index is 12.3. The number of pyridine rings is 1. The summed E-state index contributed by atoms with van der Waals surface area (Å²) in [5.74, 6) is -0.634. The summed E-state index contributed by atoms with van der Waals surface area (Å²) in [6, 6.07) is 10.5. The number of nitrogens with zero attached hydrogens (tertiary/aromatic N) is 1. The van der Waals surface area contributed by atoms with Crippen LogP contribution in [0.25, 0.3) is 0 Å². The second kappa shape index (κ2) is 5.61. The van der Waals surface area contributed by atoms with Crippen LogP contribution in [-0.2, 0) is 11.3 Å². The molecule has 1 aromatic heterocycles. The minimum absolute atomic E-state index is 0.0209. The lowest BCUT2D eigenvalue weighted by Crippen LogP contribution is -2.29. The Labute approximate surface area is 116 Å². The largest absolute Gasteiger partial charge is 0.465 e. The van der Waals surface area contributed by atoms with Gasteiger partial charge in [0.1, 0.15) is 5.56 Å². The highest BCUT2D eigenvalue weighted by molar-refractivity contribution is 5.88. The Hall–Kier alpha value is -2.56. The summed E-state index contributed by atoms with van der Waals surface area (Å²) in [5.41, 5.74) is 7.73. The van der Waals surface area contributed by atoms with Crippen LogP contribution in [0.15, 0.2) is 41.2 Å². The Morgan fingerprint density at radius 1 is 1.25 bits per heavy atom. The number of methoxy groups -OCH3 is 1. The molecule has 20 heavy (non-hydrogen) atoms. The van der Waals surface area contributed by atoms with Gasteiger partial charge < -0.3 is 15.0 Å². The Morgan fingerprint density at radius 3 is 2.60 bits per heavy atom. The molecule has 0 fully saturated rings. The minimum Gasteiger partial charge on any atom is -0.465 e. The van der Waals surface area contributed by atoms with Gasteiger partial charge in [-0.3, -0.25) is 4.79 Å². The molecule has 2 aromatic rings. The lowest BCUT2D eigenvalue weighted by Gasteiger charge is -2.12. The molecule has 0 aliphatic heterocycles. The number of nitrogen functional groups attached to an aromatic ring is 1. The number of rotatable bonds is 3. The molecule has 0 saturated heterocycles. The van der Waals surface area contributed by atoms with Crippen LogP contribution in [0.1, 0.15) is 21.6 Å². The minimum atomic E-state index is -0.634. The number of carbonyl (C=O) groups excluding carboxylic acids is 1. The van der Waals surface area contributed by atoms with E-state index in [2.05, 4.69) is 4.74 Å². The van der Waals surface area contributed by atoms with Crippen LogP contribution >= 0.6 is 0 Å². The molecule has 2 N–H and O–H groups in total. The smallest absolute Gasteiger partial charge is 0.343 e. The number of hydrogen-bond donors (Lipinski definition) is 1. The van der Waals surface area contributed by atoms with Crippen molar-refractivity contribution in [2.75, 3.05) is 12.8 Å². The van der Waals surface area contributed by atoms with E-state index < -0.39 is 5.97 Å². The number of anilines is 1. The van der Waals surface area contributed by atoms with Gasteiger partial charge in [0.25, 0.3) is 5.56 Å². The third-order valence-electron chi connectivity index (χ3n) is 3.18. The number of carbonyl (C=O) groups is 1. The van der Waals surface area contributed by atoms with Crippen LogP contribution in [0.3, 0.4) is 0 Å². The highest BCUT2D eigenvalue weighted by Crippen LogP contribution is 2.12. The second-order valence-electron chi connectivity index (χ2n) is 4.47. The van der Waals surface area contributed by atoms with Crippen molar-refractivity contribution in [2.24, 2.45) is 0 Å². The van der Waals surface area contributed by atoms with Crippen LogP contribution in [0.4, 0.5) is 5.69 Å². The number of para-hydroxylation sites is 1. The fourth-order valence-corrected chi connectivity index (χ4v) is 1.98. The van der Waals surface area contributed by atoms with Gasteiger partial charge in [-0.25, -0.2) is 4.79 Å². The summed E-state index contributed by atoms with van der Waals surface area (Å²) in [5, 5.41) is 0. The predicted molar refractivity (Wildman–Crippen MR) is 76.7 cm³/mol. The molecule has 2 rings (SSSR count). The molecule has 0 bridgehead atoms. The molecule has 0 unspecified atom stereocenters. The normalized spacial score (nSPS) is 10.3. The number of hydrogen-bond acceptors (Lipinski definition) is 4. The van der Waals surface area contributed by atoms with Gasteiger partial charge in [0.15, 0.2) is 0 Å². The van der Waals surface area contributed by atoms with E-state index in [9.17, 15) is 9.59 Å². The zero-order chi connectivity index (χ0) is 14.7. The van der Waals surface area contributed by atoms with Crippen molar-refractivity contribution in [3.63, 3.8) is 0 Å². The zero-order valence-corrected chi connectivity index (χ0v) is 11.4. The molecule has 1 aromatic carbocycles. The van der Waals surface area contributed by atoms with Crippen LogP contribution in [0.5, 0.6) is 0 Å². The molecule has 0 amide bonds. The average Bonchev–Trinajstić information content (AvgIpc) is 2.44. The number of nitrogens with two attached hydrogens (primary N) is 1. The van der Waals surface area contributed by atoms with Gasteiger partial charge in [-0.2, -0.15) is 0 Å². The number of aromatic nitrogens is 1. The van der Waals surface area contributed by atoms with E-state index in [4.69, 9.17) is 5.73 Å². The monoisotopic (exact) mass is 272 g/mol. The molecule has 104 valence electrons. The van der Waals surface area contributed by atoms with Gasteiger partial charge >= 0.3 is 5.97 Å². The molecule has 0 aliphatic carbocycles. The molecular formula is C15H16N2O3. The summed E-state index contributed by atoms with van der Waals surface area (Å²) in [6.07, 6.45) is 0. The first kappa shape index (κ1) is 13.9. The molecule has 0 spiro atoms. The average molecular weight is 272 g/mol. The van der Waals surface area contributed by atoms with Crippen molar-refractivity contribution >= 4 is 11.7 Å². The summed E-state index contributed by atoms with van der Waals surface area (Å²) in [4.78, 5) is 23.9. The van der Waals surface area contributed by atoms with Gasteiger partial charge in [0, 0.05) is 11.4 Å². The van der Waals surface area contributed by atoms with Gasteiger partial charge in [0.05, 0.1) is 13.7 Å².